The van der Waals surface area contributed by atoms with Gasteiger partial charge in [0.15, 0.2) is 0 Å². The van der Waals surface area contributed by atoms with Gasteiger partial charge in [-0.1, -0.05) is 54.6 Å². The lowest BCUT2D eigenvalue weighted by atomic mass is 9.97. The van der Waals surface area contributed by atoms with Crippen molar-refractivity contribution >= 4 is 17.8 Å². The highest BCUT2D eigenvalue weighted by Gasteiger charge is 2.10. The molecule has 5 heteroatoms. The maximum atomic E-state index is 12.3. The molecule has 0 fully saturated rings. The lowest BCUT2D eigenvalue weighted by molar-refractivity contribution is 0.0954. The number of hydrogen-bond donors (Lipinski definition) is 2. The second-order valence-corrected chi connectivity index (χ2v) is 6.51. The smallest absolute Gasteiger partial charge is 0.251 e. The van der Waals surface area contributed by atoms with E-state index >= 15 is 0 Å². The van der Waals surface area contributed by atoms with Crippen molar-refractivity contribution in [3.63, 3.8) is 0 Å². The molecule has 0 unspecified atom stereocenters. The van der Waals surface area contributed by atoms with Crippen LogP contribution in [0.3, 0.4) is 0 Å². The van der Waals surface area contributed by atoms with Crippen LogP contribution in [0.15, 0.2) is 77.8 Å². The highest BCUT2D eigenvalue weighted by molar-refractivity contribution is 5.99. The van der Waals surface area contributed by atoms with Gasteiger partial charge in [-0.15, -0.1) is 0 Å². The first-order valence-corrected chi connectivity index (χ1v) is 9.37. The number of nitrogen functional groups attached to an aromatic ring is 1. The van der Waals surface area contributed by atoms with Crippen molar-refractivity contribution in [1.82, 2.24) is 5.32 Å². The summed E-state index contributed by atoms with van der Waals surface area (Å²) in [5.74, 6) is -0.203. The van der Waals surface area contributed by atoms with Gasteiger partial charge < -0.3 is 11.1 Å². The number of nitrogens with two attached hydrogens (primary N) is 1. The quantitative estimate of drug-likeness (QED) is 0.364. The molecule has 0 aliphatic heterocycles. The number of rotatable bonds is 7. The third kappa shape index (κ3) is 5.30. The van der Waals surface area contributed by atoms with Crippen LogP contribution in [-0.2, 0) is 6.54 Å². The van der Waals surface area contributed by atoms with Crippen molar-refractivity contribution in [2.24, 2.45) is 4.99 Å². The van der Waals surface area contributed by atoms with Crippen LogP contribution in [0.2, 0.25) is 0 Å². The summed E-state index contributed by atoms with van der Waals surface area (Å²) >= 11 is 0. The van der Waals surface area contributed by atoms with E-state index < -0.39 is 0 Å². The maximum absolute atomic E-state index is 12.3. The summed E-state index contributed by atoms with van der Waals surface area (Å²) in [5.41, 5.74) is 11.1. The second kappa shape index (κ2) is 9.86. The van der Waals surface area contributed by atoms with Gasteiger partial charge in [-0.25, -0.2) is 0 Å². The molecule has 0 aliphatic carbocycles. The fourth-order valence-corrected chi connectivity index (χ4v) is 2.97. The SMILES string of the molecule is N#CCCNC(=O)c1cccc(-c2cccc(N)c2C=NCc2ccccc2)c1. The summed E-state index contributed by atoms with van der Waals surface area (Å²) in [5, 5.41) is 11.4. The number of nitriles is 1. The molecule has 29 heavy (non-hydrogen) atoms. The van der Waals surface area contributed by atoms with E-state index in [9.17, 15) is 4.79 Å². The van der Waals surface area contributed by atoms with Crippen LogP contribution in [0.4, 0.5) is 5.69 Å². The van der Waals surface area contributed by atoms with Crippen molar-refractivity contribution in [3.8, 4) is 17.2 Å². The monoisotopic (exact) mass is 382 g/mol. The lowest BCUT2D eigenvalue weighted by Gasteiger charge is -2.11. The average molecular weight is 382 g/mol. The molecule has 3 rings (SSSR count). The van der Waals surface area contributed by atoms with Crippen molar-refractivity contribution < 1.29 is 4.79 Å². The molecule has 3 aromatic carbocycles. The third-order valence-electron chi connectivity index (χ3n) is 4.44. The number of aliphatic imine (C=N–C) groups is 1. The molecule has 3 aromatic rings. The number of amides is 1. The van der Waals surface area contributed by atoms with Crippen molar-refractivity contribution in [2.75, 3.05) is 12.3 Å². The van der Waals surface area contributed by atoms with Gasteiger partial charge >= 0.3 is 0 Å². The zero-order chi connectivity index (χ0) is 20.5. The van der Waals surface area contributed by atoms with Crippen LogP contribution in [0, 0.1) is 11.3 Å². The molecule has 0 radical (unpaired) electrons. The predicted molar refractivity (Wildman–Crippen MR) is 117 cm³/mol. The van der Waals surface area contributed by atoms with Gasteiger partial charge in [0.25, 0.3) is 5.91 Å². The van der Waals surface area contributed by atoms with Crippen LogP contribution in [-0.4, -0.2) is 18.7 Å². The Labute approximate surface area is 170 Å². The first kappa shape index (κ1) is 19.8. The largest absolute Gasteiger partial charge is 0.398 e. The highest BCUT2D eigenvalue weighted by Crippen LogP contribution is 2.27. The average Bonchev–Trinajstić information content (AvgIpc) is 2.76. The van der Waals surface area contributed by atoms with E-state index in [1.165, 1.54) is 0 Å². The maximum Gasteiger partial charge on any atom is 0.251 e. The number of nitrogens with one attached hydrogen (secondary N) is 1. The van der Waals surface area contributed by atoms with Crippen LogP contribution in [0.25, 0.3) is 11.1 Å². The van der Waals surface area contributed by atoms with Crippen LogP contribution >= 0.6 is 0 Å². The number of benzene rings is 3. The predicted octanol–water partition coefficient (Wildman–Crippen LogP) is 4.20. The first-order valence-electron chi connectivity index (χ1n) is 9.37. The molecule has 0 saturated heterocycles. The summed E-state index contributed by atoms with van der Waals surface area (Å²) in [6.07, 6.45) is 2.07. The number of hydrogen-bond acceptors (Lipinski definition) is 4. The van der Waals surface area contributed by atoms with Crippen LogP contribution in [0.1, 0.15) is 27.9 Å². The van der Waals surface area contributed by atoms with Crippen LogP contribution in [0.5, 0.6) is 0 Å². The van der Waals surface area contributed by atoms with E-state index in [0.29, 0.717) is 24.3 Å². The summed E-state index contributed by atoms with van der Waals surface area (Å²) in [4.78, 5) is 16.9. The van der Waals surface area contributed by atoms with Gasteiger partial charge in [0.1, 0.15) is 0 Å². The Balaban J connectivity index is 1.86. The normalized spacial score (nSPS) is 10.6. The molecule has 0 saturated carbocycles. The molecular weight excluding hydrogens is 360 g/mol. The van der Waals surface area contributed by atoms with Gasteiger partial charge in [0, 0.05) is 29.6 Å². The second-order valence-electron chi connectivity index (χ2n) is 6.51. The van der Waals surface area contributed by atoms with Gasteiger partial charge in [-0.3, -0.25) is 9.79 Å². The molecule has 5 nitrogen and oxygen atoms in total. The number of carbonyl (C=O) groups excluding carboxylic acids is 1. The number of carbonyl (C=O) groups is 1. The summed E-state index contributed by atoms with van der Waals surface area (Å²) in [6.45, 7) is 0.894. The molecule has 0 bridgehead atoms. The molecule has 0 heterocycles. The Morgan fingerprint density at radius 2 is 1.86 bits per heavy atom. The molecular formula is C24H22N4O. The van der Waals surface area contributed by atoms with Gasteiger partial charge in [-0.05, 0) is 34.9 Å². The minimum atomic E-state index is -0.203. The summed E-state index contributed by atoms with van der Waals surface area (Å²) < 4.78 is 0. The molecule has 1 amide bonds. The van der Waals surface area contributed by atoms with E-state index in [0.717, 1.165) is 22.3 Å². The van der Waals surface area contributed by atoms with E-state index in [1.54, 1.807) is 12.3 Å². The van der Waals surface area contributed by atoms with Gasteiger partial charge in [0.2, 0.25) is 0 Å². The zero-order valence-corrected chi connectivity index (χ0v) is 16.0. The van der Waals surface area contributed by atoms with E-state index in [2.05, 4.69) is 10.3 Å². The summed E-state index contributed by atoms with van der Waals surface area (Å²) in [6, 6.07) is 25.1. The zero-order valence-electron chi connectivity index (χ0n) is 16.0. The van der Waals surface area contributed by atoms with E-state index in [-0.39, 0.29) is 12.3 Å². The Morgan fingerprint density at radius 3 is 2.66 bits per heavy atom. The minimum Gasteiger partial charge on any atom is -0.398 e. The number of anilines is 1. The number of nitrogens with zero attached hydrogens (tertiary/aromatic N) is 2. The lowest BCUT2D eigenvalue weighted by Crippen LogP contribution is -2.24. The first-order chi connectivity index (χ1) is 14.2. The van der Waals surface area contributed by atoms with Crippen molar-refractivity contribution in [3.05, 3.63) is 89.5 Å². The standard InChI is InChI=1S/C24H22N4O/c25-13-6-14-28-24(29)20-10-4-9-19(15-20)21-11-5-12-23(26)22(21)17-27-16-18-7-2-1-3-8-18/h1-5,7-12,15,17H,6,14,16,26H2,(H,28,29). The molecule has 0 spiro atoms. The fraction of sp³-hybridized carbons (Fsp3) is 0.125. The Bertz CT molecular complexity index is 1050. The molecule has 3 N–H and O–H groups in total. The molecule has 0 atom stereocenters. The molecule has 0 aromatic heterocycles. The minimum absolute atomic E-state index is 0.203. The van der Waals surface area contributed by atoms with E-state index in [4.69, 9.17) is 11.0 Å². The molecule has 0 aliphatic rings. The van der Waals surface area contributed by atoms with Crippen molar-refractivity contribution in [1.29, 1.82) is 5.26 Å². The van der Waals surface area contributed by atoms with Gasteiger partial charge in [-0.2, -0.15) is 5.26 Å². The Hall–Kier alpha value is -3.91. The highest BCUT2D eigenvalue weighted by atomic mass is 16.1. The topological polar surface area (TPSA) is 91.3 Å². The van der Waals surface area contributed by atoms with Crippen LogP contribution < -0.4 is 11.1 Å². The summed E-state index contributed by atoms with van der Waals surface area (Å²) in [7, 11) is 0. The van der Waals surface area contributed by atoms with Crippen molar-refractivity contribution in [2.45, 2.75) is 13.0 Å². The Kier molecular flexibility index (Phi) is 6.75. The third-order valence-corrected chi connectivity index (χ3v) is 4.44. The molecule has 144 valence electrons. The fourth-order valence-electron chi connectivity index (χ4n) is 2.97. The van der Waals surface area contributed by atoms with E-state index in [1.807, 2.05) is 72.8 Å². The Morgan fingerprint density at radius 1 is 1.07 bits per heavy atom. The van der Waals surface area contributed by atoms with Gasteiger partial charge in [0.05, 0.1) is 19.0 Å².